The van der Waals surface area contributed by atoms with Crippen molar-refractivity contribution in [1.82, 2.24) is 10.2 Å². The first-order valence-corrected chi connectivity index (χ1v) is 6.93. The summed E-state index contributed by atoms with van der Waals surface area (Å²) in [6.07, 6.45) is 1.42. The molecule has 3 heteroatoms. The summed E-state index contributed by atoms with van der Waals surface area (Å²) in [5.74, 6) is 4.25. The molecule has 0 aromatic rings. The number of nitrogens with one attached hydrogen (secondary N) is 1. The van der Waals surface area contributed by atoms with Crippen molar-refractivity contribution in [2.24, 2.45) is 11.8 Å². The van der Waals surface area contributed by atoms with Gasteiger partial charge in [-0.2, -0.15) is 0 Å². The predicted molar refractivity (Wildman–Crippen MR) is 63.6 cm³/mol. The number of hydrogen-bond donors (Lipinski definition) is 1. The Kier molecular flexibility index (Phi) is 3.74. The van der Waals surface area contributed by atoms with Gasteiger partial charge in [-0.3, -0.25) is 0 Å². The maximum Gasteiger partial charge on any atom is 0.0421 e. The van der Waals surface area contributed by atoms with Gasteiger partial charge >= 0.3 is 0 Å². The number of hydrogen-bond acceptors (Lipinski definition) is 3. The predicted octanol–water partition coefficient (Wildman–Crippen LogP) is 1.63. The van der Waals surface area contributed by atoms with E-state index in [2.05, 4.69) is 24.1 Å². The molecule has 82 valence electrons. The van der Waals surface area contributed by atoms with E-state index in [0.29, 0.717) is 0 Å². The Morgan fingerprint density at radius 1 is 1.29 bits per heavy atom. The molecule has 0 saturated carbocycles. The zero-order valence-corrected chi connectivity index (χ0v) is 10.1. The minimum Gasteiger partial charge on any atom is -0.303 e. The normalized spacial score (nSPS) is 40.3. The first kappa shape index (κ1) is 10.8. The molecule has 3 atom stereocenters. The minimum atomic E-state index is 0.748. The summed E-state index contributed by atoms with van der Waals surface area (Å²) in [6.45, 7) is 8.67. The van der Waals surface area contributed by atoms with Gasteiger partial charge in [-0.05, 0) is 18.3 Å². The molecule has 0 bridgehead atoms. The Morgan fingerprint density at radius 2 is 2.00 bits per heavy atom. The standard InChI is InChI=1S/C11H22N2S/c1-9-3-10(2)5-13(4-9)6-11-7-14-8-12-11/h9-12H,3-8H2,1-2H3. The molecule has 2 nitrogen and oxygen atoms in total. The minimum absolute atomic E-state index is 0.748. The Bertz CT molecular complexity index is 170. The lowest BCUT2D eigenvalue weighted by Crippen LogP contribution is -2.45. The van der Waals surface area contributed by atoms with Gasteiger partial charge in [0, 0.05) is 37.3 Å². The molecule has 2 heterocycles. The first-order chi connectivity index (χ1) is 6.74. The van der Waals surface area contributed by atoms with Crippen LogP contribution >= 0.6 is 11.8 Å². The average Bonchev–Trinajstić information content (AvgIpc) is 2.54. The van der Waals surface area contributed by atoms with Gasteiger partial charge in [0.25, 0.3) is 0 Å². The summed E-state index contributed by atoms with van der Waals surface area (Å²) in [5.41, 5.74) is 0. The van der Waals surface area contributed by atoms with Crippen LogP contribution < -0.4 is 5.32 Å². The molecular weight excluding hydrogens is 192 g/mol. The third kappa shape index (κ3) is 2.88. The summed E-state index contributed by atoms with van der Waals surface area (Å²) < 4.78 is 0. The molecule has 0 aliphatic carbocycles. The smallest absolute Gasteiger partial charge is 0.0421 e. The van der Waals surface area contributed by atoms with Crippen LogP contribution in [0.1, 0.15) is 20.3 Å². The van der Waals surface area contributed by atoms with Gasteiger partial charge in [0.1, 0.15) is 0 Å². The van der Waals surface area contributed by atoms with Crippen LogP contribution in [0.3, 0.4) is 0 Å². The lowest BCUT2D eigenvalue weighted by Gasteiger charge is -2.36. The highest BCUT2D eigenvalue weighted by Gasteiger charge is 2.25. The van der Waals surface area contributed by atoms with Crippen LogP contribution in [0.2, 0.25) is 0 Å². The van der Waals surface area contributed by atoms with Crippen molar-refractivity contribution < 1.29 is 0 Å². The van der Waals surface area contributed by atoms with Crippen molar-refractivity contribution in [3.63, 3.8) is 0 Å². The summed E-state index contributed by atoms with van der Waals surface area (Å²) in [7, 11) is 0. The second kappa shape index (κ2) is 4.86. The molecule has 2 fully saturated rings. The quantitative estimate of drug-likeness (QED) is 0.752. The Morgan fingerprint density at radius 3 is 2.57 bits per heavy atom. The van der Waals surface area contributed by atoms with Crippen LogP contribution in [0.5, 0.6) is 0 Å². The maximum absolute atomic E-state index is 3.55. The molecule has 0 spiro atoms. The van der Waals surface area contributed by atoms with E-state index in [1.54, 1.807) is 0 Å². The van der Waals surface area contributed by atoms with Crippen LogP contribution in [-0.2, 0) is 0 Å². The van der Waals surface area contributed by atoms with Crippen molar-refractivity contribution in [3.8, 4) is 0 Å². The first-order valence-electron chi connectivity index (χ1n) is 5.77. The highest BCUT2D eigenvalue weighted by molar-refractivity contribution is 7.99. The second-order valence-corrected chi connectivity index (χ2v) is 6.11. The van der Waals surface area contributed by atoms with E-state index in [0.717, 1.165) is 23.8 Å². The lowest BCUT2D eigenvalue weighted by atomic mass is 9.92. The highest BCUT2D eigenvalue weighted by Crippen LogP contribution is 2.22. The van der Waals surface area contributed by atoms with E-state index in [1.807, 2.05) is 11.8 Å². The Labute approximate surface area is 91.8 Å². The van der Waals surface area contributed by atoms with Gasteiger partial charge in [0.05, 0.1) is 0 Å². The molecule has 2 saturated heterocycles. The molecule has 0 radical (unpaired) electrons. The molecule has 3 unspecified atom stereocenters. The summed E-state index contributed by atoms with van der Waals surface area (Å²) >= 11 is 2.03. The summed E-state index contributed by atoms with van der Waals surface area (Å²) in [5, 5.41) is 3.55. The molecule has 0 aromatic carbocycles. The zero-order valence-electron chi connectivity index (χ0n) is 9.33. The van der Waals surface area contributed by atoms with Gasteiger partial charge in [0.15, 0.2) is 0 Å². The monoisotopic (exact) mass is 214 g/mol. The second-order valence-electron chi connectivity index (χ2n) is 5.08. The van der Waals surface area contributed by atoms with Gasteiger partial charge in [-0.25, -0.2) is 0 Å². The fraction of sp³-hybridized carbons (Fsp3) is 1.00. The zero-order chi connectivity index (χ0) is 9.97. The topological polar surface area (TPSA) is 15.3 Å². The van der Waals surface area contributed by atoms with E-state index in [9.17, 15) is 0 Å². The van der Waals surface area contributed by atoms with Crippen LogP contribution in [0.15, 0.2) is 0 Å². The average molecular weight is 214 g/mol. The molecule has 2 aliphatic rings. The largest absolute Gasteiger partial charge is 0.303 e. The van der Waals surface area contributed by atoms with Crippen molar-refractivity contribution in [2.45, 2.75) is 26.3 Å². The molecular formula is C11H22N2S. The highest BCUT2D eigenvalue weighted by atomic mass is 32.2. The number of likely N-dealkylation sites (tertiary alicyclic amines) is 1. The van der Waals surface area contributed by atoms with Gasteiger partial charge < -0.3 is 10.2 Å². The molecule has 0 aromatic heterocycles. The SMILES string of the molecule is CC1CC(C)CN(CC2CSCN2)C1. The number of thioether (sulfide) groups is 1. The molecule has 2 aliphatic heterocycles. The lowest BCUT2D eigenvalue weighted by molar-refractivity contribution is 0.133. The van der Waals surface area contributed by atoms with Crippen LogP contribution in [0.25, 0.3) is 0 Å². The van der Waals surface area contributed by atoms with Crippen molar-refractivity contribution >= 4 is 11.8 Å². The Hall–Kier alpha value is 0.270. The van der Waals surface area contributed by atoms with E-state index in [4.69, 9.17) is 0 Å². The summed E-state index contributed by atoms with van der Waals surface area (Å²) in [6, 6.07) is 0.748. The van der Waals surface area contributed by atoms with Crippen LogP contribution in [0.4, 0.5) is 0 Å². The van der Waals surface area contributed by atoms with Gasteiger partial charge in [-0.1, -0.05) is 13.8 Å². The molecule has 2 rings (SSSR count). The maximum atomic E-state index is 3.55. The van der Waals surface area contributed by atoms with Crippen molar-refractivity contribution in [3.05, 3.63) is 0 Å². The number of piperidine rings is 1. The number of rotatable bonds is 2. The van der Waals surface area contributed by atoms with Crippen molar-refractivity contribution in [1.29, 1.82) is 0 Å². The fourth-order valence-electron chi connectivity index (χ4n) is 2.81. The molecule has 14 heavy (non-hydrogen) atoms. The molecule has 0 amide bonds. The van der Waals surface area contributed by atoms with Gasteiger partial charge in [0.2, 0.25) is 0 Å². The third-order valence-corrected chi connectivity index (χ3v) is 4.23. The third-order valence-electron chi connectivity index (χ3n) is 3.22. The van der Waals surface area contributed by atoms with Crippen LogP contribution in [0, 0.1) is 11.8 Å². The van der Waals surface area contributed by atoms with E-state index in [1.165, 1.54) is 31.8 Å². The number of nitrogens with zero attached hydrogens (tertiary/aromatic N) is 1. The van der Waals surface area contributed by atoms with Crippen LogP contribution in [-0.4, -0.2) is 42.2 Å². The van der Waals surface area contributed by atoms with E-state index >= 15 is 0 Å². The van der Waals surface area contributed by atoms with Crippen molar-refractivity contribution in [2.75, 3.05) is 31.3 Å². The van der Waals surface area contributed by atoms with E-state index < -0.39 is 0 Å². The van der Waals surface area contributed by atoms with Gasteiger partial charge in [-0.15, -0.1) is 11.8 Å². The Balaban J connectivity index is 1.78. The van der Waals surface area contributed by atoms with E-state index in [-0.39, 0.29) is 0 Å². The fourth-order valence-corrected chi connectivity index (χ4v) is 3.79. The molecule has 1 N–H and O–H groups in total. The summed E-state index contributed by atoms with van der Waals surface area (Å²) in [4.78, 5) is 2.66.